The molecule has 0 amide bonds. The van der Waals surface area contributed by atoms with Crippen LogP contribution in [0.4, 0.5) is 13.2 Å². The molecule has 2 nitrogen and oxygen atoms in total. The largest absolute Gasteiger partial charge is 0.419 e. The van der Waals surface area contributed by atoms with Crippen LogP contribution in [0.1, 0.15) is 0 Å². The fourth-order valence-electron chi connectivity index (χ4n) is 0.465. The first kappa shape index (κ1) is 7.74. The maximum atomic E-state index is 11.6. The predicted octanol–water partition coefficient (Wildman–Crippen LogP) is 1.12. The quantitative estimate of drug-likeness (QED) is 0.547. The summed E-state index contributed by atoms with van der Waals surface area (Å²) in [6, 6.07) is 0. The van der Waals surface area contributed by atoms with Crippen LogP contribution in [0.2, 0.25) is 0 Å². The number of rotatable bonds is 0. The summed E-state index contributed by atoms with van der Waals surface area (Å²) in [6.45, 7) is 0. The summed E-state index contributed by atoms with van der Waals surface area (Å²) in [5.41, 5.74) is 0. The second kappa shape index (κ2) is 2.35. The molecule has 58 valence electrons. The average Bonchev–Trinajstić information content (AvgIpc) is 2.11. The van der Waals surface area contributed by atoms with E-state index in [1.807, 2.05) is 0 Å². The molecule has 6 heteroatoms. The third-order valence-electron chi connectivity index (χ3n) is 0.886. The smallest absolute Gasteiger partial charge is 0.270 e. The van der Waals surface area contributed by atoms with Crippen LogP contribution in [0, 0.1) is 0 Å². The topological polar surface area (TPSA) is 26.3 Å². The Morgan fingerprint density at radius 3 is 2.30 bits per heavy atom. The molecule has 0 aromatic rings. The van der Waals surface area contributed by atoms with Gasteiger partial charge in [-0.25, -0.2) is 4.21 Å². The van der Waals surface area contributed by atoms with E-state index in [1.54, 1.807) is 0 Å². The molecule has 0 aliphatic carbocycles. The second-order valence-corrected chi connectivity index (χ2v) is 2.63. The van der Waals surface area contributed by atoms with Crippen molar-refractivity contribution in [2.45, 2.75) is 12.3 Å². The SMILES string of the molecule is O=S1C=CC(C(F)(F)F)O1. The summed E-state index contributed by atoms with van der Waals surface area (Å²) in [7, 11) is 0. The van der Waals surface area contributed by atoms with Gasteiger partial charge in [-0.3, -0.25) is 4.18 Å². The van der Waals surface area contributed by atoms with Gasteiger partial charge in [-0.1, -0.05) is 0 Å². The van der Waals surface area contributed by atoms with E-state index >= 15 is 0 Å². The molecule has 10 heavy (non-hydrogen) atoms. The molecule has 1 aliphatic heterocycles. The van der Waals surface area contributed by atoms with Gasteiger partial charge in [0, 0.05) is 5.41 Å². The molecule has 0 saturated carbocycles. The first-order valence-electron chi connectivity index (χ1n) is 2.33. The highest BCUT2D eigenvalue weighted by atomic mass is 32.2. The summed E-state index contributed by atoms with van der Waals surface area (Å²) in [5.74, 6) is 0. The minimum Gasteiger partial charge on any atom is -0.270 e. The molecule has 0 radical (unpaired) electrons. The van der Waals surface area contributed by atoms with E-state index in [0.29, 0.717) is 0 Å². The lowest BCUT2D eigenvalue weighted by Gasteiger charge is -2.09. The maximum Gasteiger partial charge on any atom is 0.419 e. The fourth-order valence-corrected chi connectivity index (χ4v) is 1.18. The van der Waals surface area contributed by atoms with E-state index in [1.165, 1.54) is 0 Å². The summed E-state index contributed by atoms with van der Waals surface area (Å²) < 4.78 is 49.0. The van der Waals surface area contributed by atoms with Crippen molar-refractivity contribution in [3.8, 4) is 0 Å². The van der Waals surface area contributed by atoms with Crippen LogP contribution in [0.25, 0.3) is 0 Å². The summed E-state index contributed by atoms with van der Waals surface area (Å²) in [5, 5.41) is 0.873. The van der Waals surface area contributed by atoms with Crippen LogP contribution in [0.3, 0.4) is 0 Å². The van der Waals surface area contributed by atoms with Crippen LogP contribution in [0.15, 0.2) is 11.5 Å². The first-order chi connectivity index (χ1) is 4.50. The number of alkyl halides is 3. The van der Waals surface area contributed by atoms with Gasteiger partial charge >= 0.3 is 6.18 Å². The van der Waals surface area contributed by atoms with Gasteiger partial charge in [0.25, 0.3) is 0 Å². The van der Waals surface area contributed by atoms with Crippen molar-refractivity contribution in [2.75, 3.05) is 0 Å². The van der Waals surface area contributed by atoms with Crippen molar-refractivity contribution < 1.29 is 21.6 Å². The van der Waals surface area contributed by atoms with Crippen molar-refractivity contribution in [2.24, 2.45) is 0 Å². The zero-order chi connectivity index (χ0) is 7.78. The Labute approximate surface area is 57.3 Å². The fraction of sp³-hybridized carbons (Fsp3) is 0.500. The van der Waals surface area contributed by atoms with E-state index in [0.717, 1.165) is 11.5 Å². The zero-order valence-electron chi connectivity index (χ0n) is 4.59. The maximum absolute atomic E-state index is 11.6. The highest BCUT2D eigenvalue weighted by molar-refractivity contribution is 7.83. The molecule has 0 N–H and O–H groups in total. The molecule has 0 aromatic heterocycles. The monoisotopic (exact) mass is 172 g/mol. The standard InChI is InChI=1S/C4H3F3O2S/c5-4(6,7)3-1-2-10(8)9-3/h1-3H. The number of hydrogen-bond acceptors (Lipinski definition) is 2. The highest BCUT2D eigenvalue weighted by Crippen LogP contribution is 2.27. The van der Waals surface area contributed by atoms with Gasteiger partial charge in [0.1, 0.15) is 0 Å². The molecule has 0 aromatic carbocycles. The first-order valence-corrected chi connectivity index (χ1v) is 3.47. The van der Waals surface area contributed by atoms with E-state index in [9.17, 15) is 17.4 Å². The normalized spacial score (nSPS) is 33.1. The van der Waals surface area contributed by atoms with Crippen molar-refractivity contribution in [1.82, 2.24) is 0 Å². The molecular formula is C4H3F3O2S. The van der Waals surface area contributed by atoms with Crippen molar-refractivity contribution in [1.29, 1.82) is 0 Å². The average molecular weight is 172 g/mol. The summed E-state index contributed by atoms with van der Waals surface area (Å²) in [6.07, 6.45) is -5.70. The van der Waals surface area contributed by atoms with Gasteiger partial charge in [-0.2, -0.15) is 13.2 Å². The van der Waals surface area contributed by atoms with Gasteiger partial charge in [-0.05, 0) is 6.08 Å². The lowest BCUT2D eigenvalue weighted by atomic mass is 10.3. The Bertz CT molecular complexity index is 185. The molecule has 2 unspecified atom stereocenters. The van der Waals surface area contributed by atoms with Gasteiger partial charge in [0.2, 0.25) is 0 Å². The van der Waals surface area contributed by atoms with Crippen LogP contribution in [-0.4, -0.2) is 16.5 Å². The van der Waals surface area contributed by atoms with E-state index in [-0.39, 0.29) is 0 Å². The van der Waals surface area contributed by atoms with Crippen molar-refractivity contribution in [3.05, 3.63) is 11.5 Å². The molecule has 0 spiro atoms. The molecule has 1 aliphatic rings. The summed E-state index contributed by atoms with van der Waals surface area (Å²) in [4.78, 5) is 0. The van der Waals surface area contributed by atoms with Crippen LogP contribution in [-0.2, 0) is 15.3 Å². The molecule has 1 heterocycles. The minimum atomic E-state index is -4.44. The highest BCUT2D eigenvalue weighted by Gasteiger charge is 2.42. The zero-order valence-corrected chi connectivity index (χ0v) is 5.41. The number of hydrogen-bond donors (Lipinski definition) is 0. The van der Waals surface area contributed by atoms with Crippen LogP contribution >= 0.6 is 0 Å². The van der Waals surface area contributed by atoms with E-state index in [4.69, 9.17) is 0 Å². The van der Waals surface area contributed by atoms with Crippen LogP contribution in [0.5, 0.6) is 0 Å². The van der Waals surface area contributed by atoms with Gasteiger partial charge in [0.05, 0.1) is 0 Å². The molecule has 1 rings (SSSR count). The third-order valence-corrected chi connectivity index (χ3v) is 1.66. The Morgan fingerprint density at radius 2 is 2.10 bits per heavy atom. The lowest BCUT2D eigenvalue weighted by Crippen LogP contribution is -2.26. The second-order valence-electron chi connectivity index (χ2n) is 1.65. The Balaban J connectivity index is 2.63. The van der Waals surface area contributed by atoms with E-state index < -0.39 is 23.4 Å². The summed E-state index contributed by atoms with van der Waals surface area (Å²) >= 11 is -1.90. The molecular weight excluding hydrogens is 169 g/mol. The molecule has 0 saturated heterocycles. The Morgan fingerprint density at radius 1 is 1.50 bits per heavy atom. The van der Waals surface area contributed by atoms with Gasteiger partial charge in [0.15, 0.2) is 17.2 Å². The van der Waals surface area contributed by atoms with Crippen molar-refractivity contribution in [3.63, 3.8) is 0 Å². The Hall–Kier alpha value is -0.360. The third kappa shape index (κ3) is 1.57. The predicted molar refractivity (Wildman–Crippen MR) is 28.2 cm³/mol. The lowest BCUT2D eigenvalue weighted by molar-refractivity contribution is -0.176. The molecule has 0 bridgehead atoms. The van der Waals surface area contributed by atoms with Crippen molar-refractivity contribution >= 4 is 11.1 Å². The Kier molecular flexibility index (Phi) is 1.82. The molecule has 2 atom stereocenters. The molecule has 0 fully saturated rings. The minimum absolute atomic E-state index is 0.732. The number of halogens is 3. The van der Waals surface area contributed by atoms with Crippen LogP contribution < -0.4 is 0 Å². The van der Waals surface area contributed by atoms with Gasteiger partial charge < -0.3 is 0 Å². The van der Waals surface area contributed by atoms with Gasteiger partial charge in [-0.15, -0.1) is 0 Å². The van der Waals surface area contributed by atoms with E-state index in [2.05, 4.69) is 4.18 Å².